The zero-order chi connectivity index (χ0) is 13.5. The van der Waals surface area contributed by atoms with Crippen LogP contribution in [0, 0.1) is 0 Å². The van der Waals surface area contributed by atoms with E-state index in [2.05, 4.69) is 10.6 Å². The molecule has 5 atom stereocenters. The Hall–Kier alpha value is -1.26. The van der Waals surface area contributed by atoms with Crippen LogP contribution in [0.15, 0.2) is 0 Å². The molecule has 2 saturated heterocycles. The second kappa shape index (κ2) is 4.44. The Bertz CT molecular complexity index is 374. The van der Waals surface area contributed by atoms with Gasteiger partial charge in [0, 0.05) is 0 Å². The molecule has 6 N–H and O–H groups in total. The Kier molecular flexibility index (Phi) is 3.25. The molecule has 0 aromatic rings. The Morgan fingerprint density at radius 3 is 2.56 bits per heavy atom. The first-order chi connectivity index (χ1) is 8.42. The third-order valence-corrected chi connectivity index (χ3v) is 3.06. The van der Waals surface area contributed by atoms with Crippen molar-refractivity contribution in [3.63, 3.8) is 0 Å². The van der Waals surface area contributed by atoms with E-state index in [0.717, 1.165) is 0 Å². The Morgan fingerprint density at radius 1 is 1.28 bits per heavy atom. The molecule has 0 aromatic heterocycles. The lowest BCUT2D eigenvalue weighted by molar-refractivity contribution is -0.275. The van der Waals surface area contributed by atoms with Crippen LogP contribution >= 0.6 is 0 Å². The van der Waals surface area contributed by atoms with Crippen LogP contribution in [0.3, 0.4) is 0 Å². The molecule has 18 heavy (non-hydrogen) atoms. The molecule has 102 valence electrons. The smallest absolute Gasteiger partial charge is 0.276 e. The van der Waals surface area contributed by atoms with Gasteiger partial charge in [0.2, 0.25) is 5.91 Å². The molecule has 0 bridgehead atoms. The fourth-order valence-electron chi connectivity index (χ4n) is 2.06. The van der Waals surface area contributed by atoms with Crippen LogP contribution in [0.2, 0.25) is 0 Å². The van der Waals surface area contributed by atoms with Crippen molar-refractivity contribution in [2.45, 2.75) is 30.1 Å². The molecule has 0 radical (unpaired) electrons. The number of nitrogens with one attached hydrogen (secondary N) is 2. The molecule has 1 spiro atoms. The number of aliphatic hydroxyl groups is 4. The highest BCUT2D eigenvalue weighted by molar-refractivity contribution is 5.97. The minimum Gasteiger partial charge on any atom is -0.394 e. The van der Waals surface area contributed by atoms with Gasteiger partial charge in [0.05, 0.1) is 13.2 Å². The molecule has 9 heteroatoms. The number of hydrogen-bond acceptors (Lipinski definition) is 7. The van der Waals surface area contributed by atoms with E-state index in [0.29, 0.717) is 0 Å². The summed E-state index contributed by atoms with van der Waals surface area (Å²) in [6, 6.07) is 0. The van der Waals surface area contributed by atoms with Crippen molar-refractivity contribution in [3.05, 3.63) is 0 Å². The van der Waals surface area contributed by atoms with Gasteiger partial charge in [0.1, 0.15) is 24.4 Å². The van der Waals surface area contributed by atoms with Crippen molar-refractivity contribution >= 4 is 11.8 Å². The third-order valence-electron chi connectivity index (χ3n) is 3.06. The van der Waals surface area contributed by atoms with Crippen LogP contribution in [0.4, 0.5) is 0 Å². The van der Waals surface area contributed by atoms with Crippen molar-refractivity contribution in [2.24, 2.45) is 0 Å². The first-order valence-corrected chi connectivity index (χ1v) is 5.34. The number of amides is 2. The topological polar surface area (TPSA) is 148 Å². The summed E-state index contributed by atoms with van der Waals surface area (Å²) in [4.78, 5) is 23.0. The fourth-order valence-corrected chi connectivity index (χ4v) is 2.06. The lowest BCUT2D eigenvalue weighted by Gasteiger charge is -2.48. The lowest BCUT2D eigenvalue weighted by Crippen LogP contribution is -2.79. The van der Waals surface area contributed by atoms with Gasteiger partial charge in [0.25, 0.3) is 11.6 Å². The maximum absolute atomic E-state index is 11.8. The summed E-state index contributed by atoms with van der Waals surface area (Å²) in [5, 5.41) is 42.4. The number of rotatable bonds is 1. The van der Waals surface area contributed by atoms with E-state index in [4.69, 9.17) is 9.84 Å². The molecule has 0 saturated carbocycles. The summed E-state index contributed by atoms with van der Waals surface area (Å²) in [6.07, 6.45) is -6.45. The van der Waals surface area contributed by atoms with Crippen LogP contribution in [0.1, 0.15) is 0 Å². The van der Waals surface area contributed by atoms with Crippen molar-refractivity contribution in [2.75, 3.05) is 13.2 Å². The fraction of sp³-hybridized carbons (Fsp3) is 0.778. The molecular formula is C9H14N2O7. The molecule has 0 aromatic carbocycles. The first-order valence-electron chi connectivity index (χ1n) is 5.34. The largest absolute Gasteiger partial charge is 0.394 e. The Labute approximate surface area is 101 Å². The van der Waals surface area contributed by atoms with Crippen molar-refractivity contribution < 1.29 is 34.8 Å². The molecular weight excluding hydrogens is 248 g/mol. The van der Waals surface area contributed by atoms with E-state index in [1.807, 2.05) is 0 Å². The molecule has 2 aliphatic rings. The number of piperazine rings is 1. The van der Waals surface area contributed by atoms with Crippen molar-refractivity contribution in [3.8, 4) is 0 Å². The number of carbonyl (C=O) groups excluding carboxylic acids is 2. The van der Waals surface area contributed by atoms with Crippen LogP contribution in [0.5, 0.6) is 0 Å². The van der Waals surface area contributed by atoms with Crippen LogP contribution in [0.25, 0.3) is 0 Å². The zero-order valence-corrected chi connectivity index (χ0v) is 9.24. The second-order valence-electron chi connectivity index (χ2n) is 4.23. The summed E-state index contributed by atoms with van der Waals surface area (Å²) in [6.45, 7) is -0.963. The molecule has 2 aliphatic heterocycles. The van der Waals surface area contributed by atoms with E-state index in [1.165, 1.54) is 0 Å². The summed E-state index contributed by atoms with van der Waals surface area (Å²) < 4.78 is 5.09. The predicted molar refractivity (Wildman–Crippen MR) is 53.9 cm³/mol. The molecule has 1 unspecified atom stereocenters. The number of ether oxygens (including phenoxy) is 1. The average molecular weight is 262 g/mol. The van der Waals surface area contributed by atoms with Crippen LogP contribution < -0.4 is 10.6 Å². The van der Waals surface area contributed by atoms with Crippen LogP contribution in [-0.4, -0.2) is 75.5 Å². The third kappa shape index (κ3) is 1.76. The standard InChI is InChI=1S/C9H14N2O7/c12-2-3-5(14)6(15)7(16)9(18-3)8(17)10-1-4(13)11-9/h3,5-7,12,14-16H,1-2H2,(H,10,17)(H,11,13)/t3-,5-,6+,7-,9?/m1/s1. The van der Waals surface area contributed by atoms with E-state index < -0.39 is 48.6 Å². The van der Waals surface area contributed by atoms with Gasteiger partial charge < -0.3 is 35.8 Å². The number of hydrogen-bond donors (Lipinski definition) is 6. The van der Waals surface area contributed by atoms with Gasteiger partial charge in [-0.15, -0.1) is 0 Å². The van der Waals surface area contributed by atoms with Crippen molar-refractivity contribution in [1.29, 1.82) is 0 Å². The van der Waals surface area contributed by atoms with Gasteiger partial charge in [-0.25, -0.2) is 0 Å². The Morgan fingerprint density at radius 2 is 1.94 bits per heavy atom. The minimum absolute atomic E-state index is 0.279. The summed E-state index contributed by atoms with van der Waals surface area (Å²) in [7, 11) is 0. The summed E-state index contributed by atoms with van der Waals surface area (Å²) in [5.41, 5.74) is -2.19. The van der Waals surface area contributed by atoms with Gasteiger partial charge >= 0.3 is 0 Å². The summed E-state index contributed by atoms with van der Waals surface area (Å²) >= 11 is 0. The molecule has 2 fully saturated rings. The van der Waals surface area contributed by atoms with Crippen molar-refractivity contribution in [1.82, 2.24) is 10.6 Å². The van der Waals surface area contributed by atoms with Gasteiger partial charge in [0.15, 0.2) is 0 Å². The molecule has 9 nitrogen and oxygen atoms in total. The highest BCUT2D eigenvalue weighted by Crippen LogP contribution is 2.29. The highest BCUT2D eigenvalue weighted by Gasteiger charge is 2.60. The summed E-state index contributed by atoms with van der Waals surface area (Å²) in [5.74, 6) is -1.46. The highest BCUT2D eigenvalue weighted by atomic mass is 16.6. The zero-order valence-electron chi connectivity index (χ0n) is 9.24. The van der Waals surface area contributed by atoms with E-state index in [1.54, 1.807) is 0 Å². The predicted octanol–water partition coefficient (Wildman–Crippen LogP) is -4.60. The molecule has 0 aliphatic carbocycles. The van der Waals surface area contributed by atoms with Crippen LogP contribution in [-0.2, 0) is 14.3 Å². The SMILES string of the molecule is O=C1CNC(=O)C2(N1)O[C@H](CO)[C@@H](O)[C@H](O)[C@H]2O. The normalized spacial score (nSPS) is 44.7. The molecule has 2 rings (SSSR count). The quantitative estimate of drug-likeness (QED) is 0.278. The van der Waals surface area contributed by atoms with Gasteiger partial charge in [-0.1, -0.05) is 0 Å². The first kappa shape index (κ1) is 13.2. The maximum atomic E-state index is 11.8. The Balaban J connectivity index is 2.34. The molecule has 2 amide bonds. The van der Waals surface area contributed by atoms with E-state index >= 15 is 0 Å². The van der Waals surface area contributed by atoms with E-state index in [9.17, 15) is 24.9 Å². The van der Waals surface area contributed by atoms with Gasteiger partial charge in [-0.3, -0.25) is 9.59 Å². The lowest BCUT2D eigenvalue weighted by atomic mass is 9.89. The number of carbonyl (C=O) groups is 2. The second-order valence-corrected chi connectivity index (χ2v) is 4.23. The number of aliphatic hydroxyl groups excluding tert-OH is 4. The monoisotopic (exact) mass is 262 g/mol. The average Bonchev–Trinajstić information content (AvgIpc) is 2.36. The van der Waals surface area contributed by atoms with Gasteiger partial charge in [-0.2, -0.15) is 0 Å². The maximum Gasteiger partial charge on any atom is 0.276 e. The molecule has 2 heterocycles. The van der Waals surface area contributed by atoms with E-state index in [-0.39, 0.29) is 6.54 Å². The van der Waals surface area contributed by atoms with Gasteiger partial charge in [-0.05, 0) is 0 Å². The minimum atomic E-state index is -2.19.